The monoisotopic (exact) mass is 423 g/mol. The second-order valence-electron chi connectivity index (χ2n) is 7.30. The van der Waals surface area contributed by atoms with Crippen LogP contribution >= 0.6 is 0 Å². The molecule has 32 heavy (non-hydrogen) atoms. The van der Waals surface area contributed by atoms with Crippen molar-refractivity contribution in [1.82, 2.24) is 4.98 Å². The average Bonchev–Trinajstić information content (AvgIpc) is 3.44. The molecule has 5 rings (SSSR count). The normalized spacial score (nSPS) is 11.4. The van der Waals surface area contributed by atoms with Crippen LogP contribution in [0.5, 0.6) is 0 Å². The van der Waals surface area contributed by atoms with Gasteiger partial charge in [0.15, 0.2) is 5.58 Å². The lowest BCUT2D eigenvalue weighted by atomic mass is 10.1. The Labute approximate surface area is 182 Å². The number of aromatic nitrogens is 1. The molecule has 0 fully saturated rings. The van der Waals surface area contributed by atoms with Crippen LogP contribution in [0.1, 0.15) is 11.3 Å². The Morgan fingerprint density at radius 2 is 1.78 bits per heavy atom. The van der Waals surface area contributed by atoms with E-state index in [9.17, 15) is 10.1 Å². The number of rotatable bonds is 5. The van der Waals surface area contributed by atoms with E-state index >= 15 is 0 Å². The van der Waals surface area contributed by atoms with Gasteiger partial charge < -0.3 is 8.83 Å². The smallest absolute Gasteiger partial charge is 0.269 e. The first-order chi connectivity index (χ1) is 15.5. The van der Waals surface area contributed by atoms with Crippen LogP contribution in [0.4, 0.5) is 11.4 Å². The van der Waals surface area contributed by atoms with Gasteiger partial charge in [0.25, 0.3) is 5.69 Å². The van der Waals surface area contributed by atoms with Crippen LogP contribution in [0.25, 0.3) is 33.9 Å². The summed E-state index contributed by atoms with van der Waals surface area (Å²) >= 11 is 0. The van der Waals surface area contributed by atoms with Crippen LogP contribution in [-0.4, -0.2) is 16.1 Å². The number of fused-ring (bicyclic) bond motifs is 1. The molecule has 0 saturated heterocycles. The predicted octanol–water partition coefficient (Wildman–Crippen LogP) is 6.72. The molecule has 0 N–H and O–H groups in total. The van der Waals surface area contributed by atoms with Gasteiger partial charge in [-0.1, -0.05) is 17.7 Å². The van der Waals surface area contributed by atoms with Crippen molar-refractivity contribution in [2.75, 3.05) is 0 Å². The molecule has 0 aliphatic heterocycles. The minimum absolute atomic E-state index is 0.0379. The second kappa shape index (κ2) is 7.96. The second-order valence-corrected chi connectivity index (χ2v) is 7.30. The number of nitro benzene ring substituents is 1. The molecule has 0 saturated carbocycles. The van der Waals surface area contributed by atoms with Crippen LogP contribution in [0.15, 0.2) is 92.7 Å². The molecule has 0 bridgehead atoms. The molecular weight excluding hydrogens is 406 g/mol. The highest BCUT2D eigenvalue weighted by atomic mass is 16.6. The molecule has 0 amide bonds. The van der Waals surface area contributed by atoms with Crippen molar-refractivity contribution in [1.29, 1.82) is 0 Å². The van der Waals surface area contributed by atoms with E-state index in [2.05, 4.69) is 9.98 Å². The lowest BCUT2D eigenvalue weighted by molar-refractivity contribution is -0.384. The summed E-state index contributed by atoms with van der Waals surface area (Å²) in [5.74, 6) is 1.75. The Morgan fingerprint density at radius 3 is 2.56 bits per heavy atom. The first kappa shape index (κ1) is 19.4. The van der Waals surface area contributed by atoms with E-state index in [1.54, 1.807) is 30.5 Å². The maximum Gasteiger partial charge on any atom is 0.269 e. The Bertz CT molecular complexity index is 1460. The van der Waals surface area contributed by atoms with Crippen LogP contribution in [0, 0.1) is 17.0 Å². The topological polar surface area (TPSA) is 94.7 Å². The molecule has 0 aliphatic rings. The summed E-state index contributed by atoms with van der Waals surface area (Å²) in [6, 6.07) is 23.4. The number of oxazole rings is 1. The van der Waals surface area contributed by atoms with Gasteiger partial charge in [0.2, 0.25) is 5.89 Å². The van der Waals surface area contributed by atoms with Crippen LogP contribution < -0.4 is 0 Å². The van der Waals surface area contributed by atoms with Gasteiger partial charge >= 0.3 is 0 Å². The number of nitrogens with zero attached hydrogens (tertiary/aromatic N) is 3. The van der Waals surface area contributed by atoms with Crippen molar-refractivity contribution in [2.45, 2.75) is 6.92 Å². The summed E-state index contributed by atoms with van der Waals surface area (Å²) in [5.41, 5.74) is 5.00. The number of hydrogen-bond donors (Lipinski definition) is 0. The third-order valence-electron chi connectivity index (χ3n) is 4.97. The molecule has 0 atom stereocenters. The molecule has 2 heterocycles. The van der Waals surface area contributed by atoms with Gasteiger partial charge in [-0.2, -0.15) is 0 Å². The summed E-state index contributed by atoms with van der Waals surface area (Å²) in [5, 5.41) is 10.8. The Morgan fingerprint density at radius 1 is 0.938 bits per heavy atom. The van der Waals surface area contributed by atoms with E-state index in [4.69, 9.17) is 8.83 Å². The molecular formula is C25H17N3O4. The largest absolute Gasteiger partial charge is 0.455 e. The number of benzene rings is 3. The van der Waals surface area contributed by atoms with Gasteiger partial charge in [-0.3, -0.25) is 15.1 Å². The number of non-ortho nitro benzene ring substituents is 1. The number of aliphatic imine (C=N–C) groups is 1. The van der Waals surface area contributed by atoms with E-state index in [-0.39, 0.29) is 5.69 Å². The summed E-state index contributed by atoms with van der Waals surface area (Å²) in [6.45, 7) is 2.03. The predicted molar refractivity (Wildman–Crippen MR) is 122 cm³/mol. The van der Waals surface area contributed by atoms with Gasteiger partial charge in [0.05, 0.1) is 16.8 Å². The first-order valence-corrected chi connectivity index (χ1v) is 9.91. The van der Waals surface area contributed by atoms with Gasteiger partial charge in [0.1, 0.15) is 17.0 Å². The minimum Gasteiger partial charge on any atom is -0.455 e. The third-order valence-corrected chi connectivity index (χ3v) is 4.97. The Hall–Kier alpha value is -4.52. The summed E-state index contributed by atoms with van der Waals surface area (Å²) in [7, 11) is 0. The Kier molecular flexibility index (Phi) is 4.84. The zero-order chi connectivity index (χ0) is 22.1. The van der Waals surface area contributed by atoms with Gasteiger partial charge in [-0.05, 0) is 61.5 Å². The molecule has 5 aromatic rings. The van der Waals surface area contributed by atoms with Crippen molar-refractivity contribution < 1.29 is 13.8 Å². The quantitative estimate of drug-likeness (QED) is 0.178. The molecule has 0 aliphatic carbocycles. The molecule has 3 aromatic carbocycles. The third kappa shape index (κ3) is 3.91. The lowest BCUT2D eigenvalue weighted by Gasteiger charge is -1.96. The maximum absolute atomic E-state index is 10.8. The van der Waals surface area contributed by atoms with Gasteiger partial charge in [0, 0.05) is 23.3 Å². The standard InChI is InChI=1S/C25H17N3O4/c1-16-3-2-4-18(13-16)25-27-22-14-19(7-11-24(22)32-25)26-15-21-10-12-23(31-21)17-5-8-20(9-6-17)28(29)30/h2-15H,1H3. The van der Waals surface area contributed by atoms with Gasteiger partial charge in [-0.15, -0.1) is 0 Å². The molecule has 156 valence electrons. The van der Waals surface area contributed by atoms with Crippen LogP contribution in [-0.2, 0) is 0 Å². The average molecular weight is 423 g/mol. The molecule has 2 aromatic heterocycles. The van der Waals surface area contributed by atoms with Crippen molar-refractivity contribution in [3.63, 3.8) is 0 Å². The van der Waals surface area contributed by atoms with E-state index in [1.807, 2.05) is 49.4 Å². The number of nitro groups is 1. The van der Waals surface area contributed by atoms with Crippen molar-refractivity contribution in [2.24, 2.45) is 4.99 Å². The first-order valence-electron chi connectivity index (χ1n) is 9.91. The van der Waals surface area contributed by atoms with Crippen molar-refractivity contribution in [3.05, 3.63) is 100 Å². The summed E-state index contributed by atoms with van der Waals surface area (Å²) < 4.78 is 11.7. The SMILES string of the molecule is Cc1cccc(-c2nc3cc(N=Cc4ccc(-c5ccc([N+](=O)[O-])cc5)o4)ccc3o2)c1. The minimum atomic E-state index is -0.431. The fraction of sp³-hybridized carbons (Fsp3) is 0.0400. The van der Waals surface area contributed by atoms with Gasteiger partial charge in [-0.25, -0.2) is 4.98 Å². The van der Waals surface area contributed by atoms with Crippen LogP contribution in [0.2, 0.25) is 0 Å². The van der Waals surface area contributed by atoms with Crippen LogP contribution in [0.3, 0.4) is 0 Å². The molecule has 0 radical (unpaired) electrons. The highest BCUT2D eigenvalue weighted by molar-refractivity contribution is 5.83. The molecule has 7 heteroatoms. The fourth-order valence-electron chi connectivity index (χ4n) is 3.36. The number of hydrogen-bond acceptors (Lipinski definition) is 6. The van der Waals surface area contributed by atoms with E-state index in [1.165, 1.54) is 12.1 Å². The van der Waals surface area contributed by atoms with E-state index in [0.29, 0.717) is 23.0 Å². The highest BCUT2D eigenvalue weighted by Gasteiger charge is 2.10. The zero-order valence-corrected chi connectivity index (χ0v) is 17.1. The zero-order valence-electron chi connectivity index (χ0n) is 17.1. The van der Waals surface area contributed by atoms with Crippen molar-refractivity contribution in [3.8, 4) is 22.8 Å². The molecule has 7 nitrogen and oxygen atoms in total. The molecule has 0 spiro atoms. The number of furan rings is 1. The van der Waals surface area contributed by atoms with Crippen molar-refractivity contribution >= 4 is 28.7 Å². The highest BCUT2D eigenvalue weighted by Crippen LogP contribution is 2.28. The lowest BCUT2D eigenvalue weighted by Crippen LogP contribution is -1.86. The summed E-state index contributed by atoms with van der Waals surface area (Å²) in [4.78, 5) is 19.4. The summed E-state index contributed by atoms with van der Waals surface area (Å²) in [6.07, 6.45) is 1.62. The maximum atomic E-state index is 10.8. The van der Waals surface area contributed by atoms with E-state index in [0.717, 1.165) is 27.9 Å². The number of aryl methyl sites for hydroxylation is 1. The van der Waals surface area contributed by atoms with E-state index < -0.39 is 4.92 Å². The fourth-order valence-corrected chi connectivity index (χ4v) is 3.36. The Balaban J connectivity index is 1.36. The molecule has 0 unspecified atom stereocenters.